The highest BCUT2D eigenvalue weighted by Gasteiger charge is 2.13. The lowest BCUT2D eigenvalue weighted by Gasteiger charge is -2.11. The van der Waals surface area contributed by atoms with Crippen LogP contribution in [0.1, 0.15) is 23.6 Å². The van der Waals surface area contributed by atoms with E-state index in [9.17, 15) is 8.78 Å². The van der Waals surface area contributed by atoms with E-state index in [1.165, 1.54) is 12.1 Å². The Hall–Kier alpha value is -1.94. The van der Waals surface area contributed by atoms with E-state index in [0.717, 1.165) is 11.1 Å². The Labute approximate surface area is 123 Å². The molecule has 0 aliphatic heterocycles. The van der Waals surface area contributed by atoms with Crippen LogP contribution in [0.5, 0.6) is 5.75 Å². The molecule has 0 saturated carbocycles. The Bertz CT molecular complexity index is 586. The first kappa shape index (κ1) is 15.4. The van der Waals surface area contributed by atoms with Gasteiger partial charge < -0.3 is 10.5 Å². The Morgan fingerprint density at radius 1 is 1.05 bits per heavy atom. The van der Waals surface area contributed by atoms with Gasteiger partial charge in [-0.25, -0.2) is 8.78 Å². The van der Waals surface area contributed by atoms with Gasteiger partial charge in [0.25, 0.3) is 0 Å². The van der Waals surface area contributed by atoms with Gasteiger partial charge in [-0.05, 0) is 43.5 Å². The topological polar surface area (TPSA) is 35.2 Å². The molecule has 1 unspecified atom stereocenters. The van der Waals surface area contributed by atoms with Crippen LogP contribution < -0.4 is 10.5 Å². The molecule has 0 spiro atoms. The fourth-order valence-electron chi connectivity index (χ4n) is 2.08. The summed E-state index contributed by atoms with van der Waals surface area (Å²) in [5.74, 6) is -1.74. The first-order valence-electron chi connectivity index (χ1n) is 6.87. The molecule has 4 heteroatoms. The van der Waals surface area contributed by atoms with E-state index < -0.39 is 11.6 Å². The molecule has 21 heavy (non-hydrogen) atoms. The van der Waals surface area contributed by atoms with Crippen molar-refractivity contribution in [2.45, 2.75) is 32.9 Å². The van der Waals surface area contributed by atoms with Gasteiger partial charge in [-0.2, -0.15) is 0 Å². The van der Waals surface area contributed by atoms with Crippen molar-refractivity contribution >= 4 is 0 Å². The van der Waals surface area contributed by atoms with Gasteiger partial charge in [0.2, 0.25) is 0 Å². The van der Waals surface area contributed by atoms with Crippen molar-refractivity contribution in [2.75, 3.05) is 0 Å². The predicted molar refractivity (Wildman–Crippen MR) is 79.2 cm³/mol. The predicted octanol–water partition coefficient (Wildman–Crippen LogP) is 3.74. The maximum absolute atomic E-state index is 13.9. The number of halogens is 2. The van der Waals surface area contributed by atoms with Crippen LogP contribution in [0, 0.1) is 18.6 Å². The molecule has 0 heterocycles. The second-order valence-corrected chi connectivity index (χ2v) is 5.34. The maximum Gasteiger partial charge on any atom is 0.191 e. The molecular formula is C17H19F2NO. The highest BCUT2D eigenvalue weighted by Crippen LogP contribution is 2.25. The average molecular weight is 291 g/mol. The van der Waals surface area contributed by atoms with E-state index in [1.54, 1.807) is 6.92 Å². The molecule has 2 rings (SSSR count). The molecule has 0 saturated heterocycles. The minimum absolute atomic E-state index is 0.126. The minimum atomic E-state index is -0.697. The van der Waals surface area contributed by atoms with Gasteiger partial charge in [-0.3, -0.25) is 0 Å². The number of aryl methyl sites for hydroxylation is 1. The van der Waals surface area contributed by atoms with Crippen LogP contribution in [-0.2, 0) is 13.0 Å². The Morgan fingerprint density at radius 3 is 2.14 bits per heavy atom. The van der Waals surface area contributed by atoms with Crippen LogP contribution in [0.2, 0.25) is 0 Å². The number of ether oxygens (including phenoxy) is 1. The summed E-state index contributed by atoms with van der Waals surface area (Å²) >= 11 is 0. The van der Waals surface area contributed by atoms with Crippen molar-refractivity contribution in [3.8, 4) is 5.75 Å². The third-order valence-corrected chi connectivity index (χ3v) is 3.12. The third-order valence-electron chi connectivity index (χ3n) is 3.12. The second-order valence-electron chi connectivity index (χ2n) is 5.34. The smallest absolute Gasteiger partial charge is 0.191 e. The summed E-state index contributed by atoms with van der Waals surface area (Å²) in [4.78, 5) is 0. The normalized spacial score (nSPS) is 12.2. The summed E-state index contributed by atoms with van der Waals surface area (Å²) in [7, 11) is 0. The standard InChI is InChI=1S/C17H19F2NO/c1-11-3-5-13(6-4-11)10-21-17-15(18)8-14(7-12(2)20)9-16(17)19/h3-6,8-9,12H,7,10,20H2,1-2H3. The number of nitrogens with two attached hydrogens (primary N) is 1. The zero-order valence-electron chi connectivity index (χ0n) is 12.2. The number of hydrogen-bond donors (Lipinski definition) is 1. The van der Waals surface area contributed by atoms with Crippen LogP contribution >= 0.6 is 0 Å². The largest absolute Gasteiger partial charge is 0.483 e. The van der Waals surface area contributed by atoms with Crippen LogP contribution in [0.3, 0.4) is 0 Å². The van der Waals surface area contributed by atoms with Gasteiger partial charge >= 0.3 is 0 Å². The Balaban J connectivity index is 2.11. The molecule has 0 aliphatic carbocycles. The first-order chi connectivity index (χ1) is 9.95. The van der Waals surface area contributed by atoms with Gasteiger partial charge in [0.05, 0.1) is 0 Å². The third kappa shape index (κ3) is 4.26. The lowest BCUT2D eigenvalue weighted by Crippen LogP contribution is -2.18. The van der Waals surface area contributed by atoms with Crippen molar-refractivity contribution in [1.29, 1.82) is 0 Å². The van der Waals surface area contributed by atoms with E-state index in [-0.39, 0.29) is 18.4 Å². The minimum Gasteiger partial charge on any atom is -0.483 e. The maximum atomic E-state index is 13.9. The van der Waals surface area contributed by atoms with Gasteiger partial charge in [-0.15, -0.1) is 0 Å². The molecule has 0 amide bonds. The molecule has 2 aromatic rings. The zero-order chi connectivity index (χ0) is 15.4. The molecule has 2 N–H and O–H groups in total. The van der Waals surface area contributed by atoms with E-state index in [0.29, 0.717) is 12.0 Å². The lowest BCUT2D eigenvalue weighted by molar-refractivity contribution is 0.273. The fourth-order valence-corrected chi connectivity index (χ4v) is 2.08. The molecule has 0 aromatic heterocycles. The van der Waals surface area contributed by atoms with Gasteiger partial charge in [0.15, 0.2) is 17.4 Å². The molecule has 0 radical (unpaired) electrons. The fraction of sp³-hybridized carbons (Fsp3) is 0.294. The van der Waals surface area contributed by atoms with Crippen molar-refractivity contribution < 1.29 is 13.5 Å². The molecule has 0 aliphatic rings. The zero-order valence-corrected chi connectivity index (χ0v) is 12.2. The van der Waals surface area contributed by atoms with E-state index in [4.69, 9.17) is 10.5 Å². The van der Waals surface area contributed by atoms with Gasteiger partial charge in [0, 0.05) is 6.04 Å². The molecular weight excluding hydrogens is 272 g/mol. The second kappa shape index (κ2) is 6.68. The van der Waals surface area contributed by atoms with Gasteiger partial charge in [-0.1, -0.05) is 29.8 Å². The van der Waals surface area contributed by atoms with E-state index in [1.807, 2.05) is 31.2 Å². The molecule has 0 fully saturated rings. The Kier molecular flexibility index (Phi) is 4.91. The van der Waals surface area contributed by atoms with E-state index in [2.05, 4.69) is 0 Å². The highest BCUT2D eigenvalue weighted by molar-refractivity contribution is 5.32. The van der Waals surface area contributed by atoms with Crippen molar-refractivity contribution in [1.82, 2.24) is 0 Å². The Morgan fingerprint density at radius 2 is 1.62 bits per heavy atom. The van der Waals surface area contributed by atoms with Crippen LogP contribution in [0.4, 0.5) is 8.78 Å². The monoisotopic (exact) mass is 291 g/mol. The summed E-state index contributed by atoms with van der Waals surface area (Å²) in [6.45, 7) is 3.89. The number of rotatable bonds is 5. The molecule has 1 atom stereocenters. The molecule has 2 aromatic carbocycles. The quantitative estimate of drug-likeness (QED) is 0.910. The van der Waals surface area contributed by atoms with Crippen LogP contribution in [0.25, 0.3) is 0 Å². The van der Waals surface area contributed by atoms with Crippen molar-refractivity contribution in [3.05, 3.63) is 64.7 Å². The SMILES string of the molecule is Cc1ccc(COc2c(F)cc(CC(C)N)cc2F)cc1. The summed E-state index contributed by atoms with van der Waals surface area (Å²) in [5.41, 5.74) is 8.15. The highest BCUT2D eigenvalue weighted by atomic mass is 19.1. The molecule has 112 valence electrons. The van der Waals surface area contributed by atoms with Crippen molar-refractivity contribution in [3.63, 3.8) is 0 Å². The molecule has 2 nitrogen and oxygen atoms in total. The first-order valence-corrected chi connectivity index (χ1v) is 6.87. The molecule has 0 bridgehead atoms. The lowest BCUT2D eigenvalue weighted by atomic mass is 10.1. The van der Waals surface area contributed by atoms with Crippen LogP contribution in [0.15, 0.2) is 36.4 Å². The number of benzene rings is 2. The summed E-state index contributed by atoms with van der Waals surface area (Å²) in [5, 5.41) is 0. The van der Waals surface area contributed by atoms with Crippen molar-refractivity contribution in [2.24, 2.45) is 5.73 Å². The van der Waals surface area contributed by atoms with Gasteiger partial charge in [0.1, 0.15) is 6.61 Å². The number of hydrogen-bond acceptors (Lipinski definition) is 2. The summed E-state index contributed by atoms with van der Waals surface area (Å²) in [6.07, 6.45) is 0.423. The van der Waals surface area contributed by atoms with E-state index >= 15 is 0 Å². The summed E-state index contributed by atoms with van der Waals surface area (Å²) < 4.78 is 33.1. The summed E-state index contributed by atoms with van der Waals surface area (Å²) in [6, 6.07) is 10.00. The average Bonchev–Trinajstić information content (AvgIpc) is 2.39. The van der Waals surface area contributed by atoms with Crippen LogP contribution in [-0.4, -0.2) is 6.04 Å².